The lowest BCUT2D eigenvalue weighted by atomic mass is 9.69. The third kappa shape index (κ3) is 7.64. The van der Waals surface area contributed by atoms with Crippen LogP contribution in [-0.2, 0) is 25.5 Å². The van der Waals surface area contributed by atoms with Crippen molar-refractivity contribution < 1.29 is 33.0 Å². The number of benzene rings is 2. The summed E-state index contributed by atoms with van der Waals surface area (Å²) >= 11 is 0. The molecule has 1 heterocycles. The SMILES string of the molecule is CCc1cc(C2=C(C=CC3CC(O)CC(=O)O3)C(C)(C)CC(OCCC(=O)Nc3ccc(F)cc3)C2)ccc1F. The van der Waals surface area contributed by atoms with Gasteiger partial charge in [0.05, 0.1) is 31.7 Å². The van der Waals surface area contributed by atoms with E-state index in [1.54, 1.807) is 6.07 Å². The van der Waals surface area contributed by atoms with Gasteiger partial charge in [-0.3, -0.25) is 9.59 Å². The van der Waals surface area contributed by atoms with Gasteiger partial charge in [0.1, 0.15) is 17.7 Å². The molecule has 1 saturated heterocycles. The molecule has 2 N–H and O–H groups in total. The van der Waals surface area contributed by atoms with Crippen molar-refractivity contribution in [2.75, 3.05) is 11.9 Å². The normalized spacial score (nSPS) is 22.9. The molecule has 8 heteroatoms. The molecule has 40 heavy (non-hydrogen) atoms. The van der Waals surface area contributed by atoms with Crippen molar-refractivity contribution in [3.05, 3.63) is 83.0 Å². The number of carbonyl (C=O) groups is 2. The highest BCUT2D eigenvalue weighted by molar-refractivity contribution is 5.90. The van der Waals surface area contributed by atoms with E-state index in [1.165, 1.54) is 30.3 Å². The van der Waals surface area contributed by atoms with Crippen LogP contribution in [0.25, 0.3) is 5.57 Å². The third-order valence-corrected chi connectivity index (χ3v) is 7.48. The van der Waals surface area contributed by atoms with Gasteiger partial charge < -0.3 is 19.9 Å². The minimum atomic E-state index is -0.731. The number of ether oxygens (including phenoxy) is 2. The fraction of sp³-hybridized carbons (Fsp3) is 0.438. The van der Waals surface area contributed by atoms with Crippen LogP contribution >= 0.6 is 0 Å². The van der Waals surface area contributed by atoms with Gasteiger partial charge in [0.15, 0.2) is 0 Å². The number of allylic oxidation sites excluding steroid dienone is 2. The molecule has 1 aliphatic heterocycles. The van der Waals surface area contributed by atoms with Gasteiger partial charge >= 0.3 is 5.97 Å². The lowest BCUT2D eigenvalue weighted by Gasteiger charge is -2.39. The highest BCUT2D eigenvalue weighted by Crippen LogP contribution is 2.46. The second-order valence-corrected chi connectivity index (χ2v) is 11.1. The predicted octanol–water partition coefficient (Wildman–Crippen LogP) is 6.14. The molecule has 1 aliphatic carbocycles. The van der Waals surface area contributed by atoms with E-state index in [2.05, 4.69) is 19.2 Å². The van der Waals surface area contributed by atoms with E-state index in [4.69, 9.17) is 9.47 Å². The number of hydrogen-bond acceptors (Lipinski definition) is 5. The average Bonchev–Trinajstić information content (AvgIpc) is 2.88. The number of nitrogens with one attached hydrogen (secondary N) is 1. The van der Waals surface area contributed by atoms with Gasteiger partial charge in [0.25, 0.3) is 0 Å². The van der Waals surface area contributed by atoms with E-state index in [0.717, 1.165) is 16.7 Å². The van der Waals surface area contributed by atoms with Crippen LogP contribution in [0.1, 0.15) is 64.0 Å². The van der Waals surface area contributed by atoms with E-state index in [-0.39, 0.29) is 48.5 Å². The van der Waals surface area contributed by atoms with Gasteiger partial charge in [-0.05, 0) is 89.4 Å². The molecule has 0 bridgehead atoms. The highest BCUT2D eigenvalue weighted by Gasteiger charge is 2.35. The summed E-state index contributed by atoms with van der Waals surface area (Å²) in [6, 6.07) is 10.7. The molecule has 2 aromatic rings. The Morgan fingerprint density at radius 2 is 1.93 bits per heavy atom. The lowest BCUT2D eigenvalue weighted by Crippen LogP contribution is -2.32. The summed E-state index contributed by atoms with van der Waals surface area (Å²) in [7, 11) is 0. The van der Waals surface area contributed by atoms with E-state index in [9.17, 15) is 23.5 Å². The first-order valence-corrected chi connectivity index (χ1v) is 13.8. The summed E-state index contributed by atoms with van der Waals surface area (Å²) < 4.78 is 39.1. The Morgan fingerprint density at radius 1 is 1.18 bits per heavy atom. The molecular formula is C32H37F2NO5. The van der Waals surface area contributed by atoms with Crippen molar-refractivity contribution in [2.24, 2.45) is 5.41 Å². The summed E-state index contributed by atoms with van der Waals surface area (Å²) in [4.78, 5) is 24.2. The zero-order valence-electron chi connectivity index (χ0n) is 23.2. The van der Waals surface area contributed by atoms with Gasteiger partial charge in [-0.1, -0.05) is 32.9 Å². The Labute approximate surface area is 234 Å². The molecule has 2 aromatic carbocycles. The van der Waals surface area contributed by atoms with Crippen LogP contribution in [0.3, 0.4) is 0 Å². The molecule has 3 atom stereocenters. The number of rotatable bonds is 9. The van der Waals surface area contributed by atoms with Crippen molar-refractivity contribution in [1.82, 2.24) is 0 Å². The van der Waals surface area contributed by atoms with Crippen molar-refractivity contribution in [3.63, 3.8) is 0 Å². The van der Waals surface area contributed by atoms with Gasteiger partial charge in [-0.2, -0.15) is 0 Å². The highest BCUT2D eigenvalue weighted by atomic mass is 19.1. The molecule has 0 saturated carbocycles. The minimum Gasteiger partial charge on any atom is -0.458 e. The Morgan fingerprint density at radius 3 is 2.62 bits per heavy atom. The maximum absolute atomic E-state index is 14.4. The number of anilines is 1. The van der Waals surface area contributed by atoms with Crippen LogP contribution in [0, 0.1) is 17.0 Å². The van der Waals surface area contributed by atoms with Crippen molar-refractivity contribution in [1.29, 1.82) is 0 Å². The van der Waals surface area contributed by atoms with Gasteiger partial charge in [-0.15, -0.1) is 0 Å². The molecule has 6 nitrogen and oxygen atoms in total. The van der Waals surface area contributed by atoms with E-state index >= 15 is 0 Å². The fourth-order valence-electron chi connectivity index (χ4n) is 5.45. The Kier molecular flexibility index (Phi) is 9.53. The van der Waals surface area contributed by atoms with Gasteiger partial charge in [0.2, 0.25) is 5.91 Å². The van der Waals surface area contributed by atoms with Crippen molar-refractivity contribution >= 4 is 23.1 Å². The predicted molar refractivity (Wildman–Crippen MR) is 149 cm³/mol. The van der Waals surface area contributed by atoms with Crippen LogP contribution in [0.5, 0.6) is 0 Å². The number of carbonyl (C=O) groups excluding carboxylic acids is 2. The first-order valence-electron chi connectivity index (χ1n) is 13.8. The molecule has 214 valence electrons. The number of amides is 1. The van der Waals surface area contributed by atoms with Gasteiger partial charge in [-0.25, -0.2) is 8.78 Å². The van der Waals surface area contributed by atoms with E-state index in [1.807, 2.05) is 25.1 Å². The smallest absolute Gasteiger partial charge is 0.309 e. The van der Waals surface area contributed by atoms with Crippen LogP contribution in [0.2, 0.25) is 0 Å². The molecule has 3 unspecified atom stereocenters. The number of cyclic esters (lactones) is 1. The van der Waals surface area contributed by atoms with Crippen LogP contribution in [-0.4, -0.2) is 41.9 Å². The molecule has 2 aliphatic rings. The number of hydrogen-bond donors (Lipinski definition) is 2. The maximum atomic E-state index is 14.4. The molecule has 0 radical (unpaired) electrons. The number of halogens is 2. The maximum Gasteiger partial charge on any atom is 0.309 e. The fourth-order valence-corrected chi connectivity index (χ4v) is 5.45. The summed E-state index contributed by atoms with van der Waals surface area (Å²) in [5, 5.41) is 12.8. The second-order valence-electron chi connectivity index (χ2n) is 11.1. The van der Waals surface area contributed by atoms with E-state index in [0.29, 0.717) is 36.9 Å². The molecule has 1 amide bonds. The summed E-state index contributed by atoms with van der Waals surface area (Å²) in [6.07, 6.45) is 4.65. The first-order chi connectivity index (χ1) is 19.0. The average molecular weight is 554 g/mol. The zero-order chi connectivity index (χ0) is 28.9. The largest absolute Gasteiger partial charge is 0.458 e. The summed E-state index contributed by atoms with van der Waals surface area (Å²) in [5.74, 6) is -1.27. The Hall–Kier alpha value is -3.36. The standard InChI is InChI=1S/C32H37F2NO5/c1-4-20-15-21(5-12-29(20)34)27-18-26(39-14-13-30(37)35-23-8-6-22(33)7-9-23)19-32(2,3)28(27)11-10-25-16-24(36)17-31(38)40-25/h5-12,15,24-26,36H,4,13-14,16-19H2,1-3H3,(H,35,37). The third-order valence-electron chi connectivity index (χ3n) is 7.48. The Bertz CT molecular complexity index is 1280. The Balaban J connectivity index is 1.52. The number of esters is 1. The summed E-state index contributed by atoms with van der Waals surface area (Å²) in [6.45, 7) is 6.34. The van der Waals surface area contributed by atoms with Crippen LogP contribution in [0.4, 0.5) is 14.5 Å². The van der Waals surface area contributed by atoms with Crippen molar-refractivity contribution in [2.45, 2.75) is 77.6 Å². The molecule has 0 spiro atoms. The second kappa shape index (κ2) is 12.9. The molecular weight excluding hydrogens is 516 g/mol. The molecule has 0 aromatic heterocycles. The van der Waals surface area contributed by atoms with Crippen molar-refractivity contribution in [3.8, 4) is 0 Å². The monoisotopic (exact) mass is 553 g/mol. The summed E-state index contributed by atoms with van der Waals surface area (Å²) in [5.41, 5.74) is 3.73. The molecule has 4 rings (SSSR count). The van der Waals surface area contributed by atoms with Gasteiger partial charge in [0, 0.05) is 12.1 Å². The number of aliphatic hydroxyl groups is 1. The quantitative estimate of drug-likeness (QED) is 0.365. The molecule has 1 fully saturated rings. The topological polar surface area (TPSA) is 84.9 Å². The van der Waals surface area contributed by atoms with Crippen LogP contribution in [0.15, 0.2) is 60.2 Å². The minimum absolute atomic E-state index is 0.0000939. The lowest BCUT2D eigenvalue weighted by molar-refractivity contribution is -0.156. The van der Waals surface area contributed by atoms with Crippen LogP contribution < -0.4 is 5.32 Å². The number of aliphatic hydroxyl groups excluding tert-OH is 1. The first kappa shape index (κ1) is 29.6. The zero-order valence-corrected chi connectivity index (χ0v) is 23.2. The number of aryl methyl sites for hydroxylation is 1. The van der Waals surface area contributed by atoms with E-state index < -0.39 is 18.2 Å².